The van der Waals surface area contributed by atoms with E-state index in [2.05, 4.69) is 44.2 Å². The van der Waals surface area contributed by atoms with Crippen molar-refractivity contribution in [2.45, 2.75) is 31.8 Å². The molecule has 0 unspecified atom stereocenters. The number of rotatable bonds is 6. The molecule has 1 saturated heterocycles. The summed E-state index contributed by atoms with van der Waals surface area (Å²) in [7, 11) is 0. The van der Waals surface area contributed by atoms with Crippen molar-refractivity contribution < 1.29 is 9.90 Å². The second kappa shape index (κ2) is 8.65. The molecule has 0 atom stereocenters. The number of pyridine rings is 1. The van der Waals surface area contributed by atoms with Crippen molar-refractivity contribution in [2.75, 3.05) is 13.1 Å². The Morgan fingerprint density at radius 2 is 1.97 bits per heavy atom. The fraction of sp³-hybridized carbons (Fsp3) is 0.280. The van der Waals surface area contributed by atoms with Crippen molar-refractivity contribution in [3.8, 4) is 0 Å². The van der Waals surface area contributed by atoms with Crippen molar-refractivity contribution in [2.24, 2.45) is 0 Å². The second-order valence-electron chi connectivity index (χ2n) is 8.22. The molecule has 0 saturated carbocycles. The van der Waals surface area contributed by atoms with Crippen LogP contribution in [0.3, 0.4) is 0 Å². The predicted octanol–water partition coefficient (Wildman–Crippen LogP) is 5.22. The van der Waals surface area contributed by atoms with Crippen LogP contribution in [0.25, 0.3) is 11.0 Å². The van der Waals surface area contributed by atoms with Crippen LogP contribution in [0.1, 0.15) is 45.1 Å². The van der Waals surface area contributed by atoms with E-state index in [1.165, 1.54) is 15.8 Å². The Bertz CT molecular complexity index is 1190. The summed E-state index contributed by atoms with van der Waals surface area (Å²) < 4.78 is 2.29. The number of likely N-dealkylation sites (tertiary alicyclic amines) is 1. The molecule has 6 heteroatoms. The molecule has 31 heavy (non-hydrogen) atoms. The zero-order valence-electron chi connectivity index (χ0n) is 17.3. The number of aromatic carboxylic acids is 1. The Balaban J connectivity index is 1.30. The highest BCUT2D eigenvalue weighted by Gasteiger charge is 2.24. The molecule has 4 heterocycles. The first-order valence-electron chi connectivity index (χ1n) is 10.7. The minimum atomic E-state index is -0.867. The van der Waals surface area contributed by atoms with Crippen LogP contribution in [0, 0.1) is 0 Å². The summed E-state index contributed by atoms with van der Waals surface area (Å²) in [6, 6.07) is 15.8. The van der Waals surface area contributed by atoms with Gasteiger partial charge < -0.3 is 9.67 Å². The van der Waals surface area contributed by atoms with E-state index in [4.69, 9.17) is 0 Å². The summed E-state index contributed by atoms with van der Waals surface area (Å²) in [5, 5.41) is 12.6. The Labute approximate surface area is 185 Å². The molecule has 0 amide bonds. The highest BCUT2D eigenvalue weighted by Crippen LogP contribution is 2.34. The van der Waals surface area contributed by atoms with Crippen LogP contribution in [0.15, 0.2) is 66.3 Å². The summed E-state index contributed by atoms with van der Waals surface area (Å²) >= 11 is 1.78. The zero-order valence-corrected chi connectivity index (χ0v) is 18.1. The monoisotopic (exact) mass is 431 g/mol. The van der Waals surface area contributed by atoms with Crippen LogP contribution in [0.5, 0.6) is 0 Å². The molecule has 4 aromatic rings. The fourth-order valence-corrected chi connectivity index (χ4v) is 5.33. The van der Waals surface area contributed by atoms with Crippen molar-refractivity contribution in [1.82, 2.24) is 14.5 Å². The van der Waals surface area contributed by atoms with Gasteiger partial charge in [-0.05, 0) is 78.7 Å². The van der Waals surface area contributed by atoms with E-state index in [0.717, 1.165) is 50.2 Å². The Kier molecular flexibility index (Phi) is 5.57. The molecular formula is C25H25N3O2S. The topological polar surface area (TPSA) is 58.4 Å². The maximum Gasteiger partial charge on any atom is 0.335 e. The van der Waals surface area contributed by atoms with E-state index >= 15 is 0 Å². The summed E-state index contributed by atoms with van der Waals surface area (Å²) in [5.41, 5.74) is 3.90. The average Bonchev–Trinajstić information content (AvgIpc) is 3.43. The molecular weight excluding hydrogens is 406 g/mol. The number of piperidine rings is 1. The number of carboxylic acids is 1. The molecule has 0 aliphatic carbocycles. The van der Waals surface area contributed by atoms with Gasteiger partial charge in [0.05, 0.1) is 12.1 Å². The normalized spacial score (nSPS) is 15.5. The van der Waals surface area contributed by atoms with E-state index in [-0.39, 0.29) is 0 Å². The lowest BCUT2D eigenvalue weighted by atomic mass is 9.89. The van der Waals surface area contributed by atoms with Crippen molar-refractivity contribution >= 4 is 28.3 Å². The van der Waals surface area contributed by atoms with Crippen LogP contribution in [-0.2, 0) is 13.1 Å². The highest BCUT2D eigenvalue weighted by molar-refractivity contribution is 7.09. The highest BCUT2D eigenvalue weighted by atomic mass is 32.1. The quantitative estimate of drug-likeness (QED) is 0.454. The molecule has 5 nitrogen and oxygen atoms in total. The van der Waals surface area contributed by atoms with Crippen LogP contribution < -0.4 is 0 Å². The Morgan fingerprint density at radius 1 is 1.10 bits per heavy atom. The number of hydrogen-bond acceptors (Lipinski definition) is 4. The maximum atomic E-state index is 11.2. The molecule has 1 fully saturated rings. The molecule has 0 radical (unpaired) electrons. The van der Waals surface area contributed by atoms with Crippen molar-refractivity contribution in [3.05, 3.63) is 87.9 Å². The molecule has 1 N–H and O–H groups in total. The van der Waals surface area contributed by atoms with Gasteiger partial charge in [-0.25, -0.2) is 9.78 Å². The first-order valence-corrected chi connectivity index (χ1v) is 11.6. The van der Waals surface area contributed by atoms with Crippen molar-refractivity contribution in [3.63, 3.8) is 0 Å². The van der Waals surface area contributed by atoms with Crippen LogP contribution in [0.2, 0.25) is 0 Å². The van der Waals surface area contributed by atoms with E-state index in [0.29, 0.717) is 11.5 Å². The molecule has 1 aliphatic heterocycles. The van der Waals surface area contributed by atoms with E-state index in [1.54, 1.807) is 23.5 Å². The summed E-state index contributed by atoms with van der Waals surface area (Å²) in [6.45, 7) is 3.69. The van der Waals surface area contributed by atoms with E-state index in [9.17, 15) is 9.90 Å². The van der Waals surface area contributed by atoms with Gasteiger partial charge in [0.2, 0.25) is 0 Å². The molecule has 3 aromatic heterocycles. The Hall–Kier alpha value is -2.96. The van der Waals surface area contributed by atoms with E-state index < -0.39 is 5.97 Å². The molecule has 1 aromatic carbocycles. The van der Waals surface area contributed by atoms with Gasteiger partial charge in [0, 0.05) is 29.2 Å². The van der Waals surface area contributed by atoms with Crippen LogP contribution >= 0.6 is 11.3 Å². The maximum absolute atomic E-state index is 11.2. The van der Waals surface area contributed by atoms with Crippen LogP contribution in [0.4, 0.5) is 0 Å². The largest absolute Gasteiger partial charge is 0.478 e. The summed E-state index contributed by atoms with van der Waals surface area (Å²) in [5.74, 6) is -0.342. The molecule has 5 rings (SSSR count). The van der Waals surface area contributed by atoms with E-state index in [1.807, 2.05) is 24.4 Å². The van der Waals surface area contributed by atoms with Gasteiger partial charge in [-0.3, -0.25) is 4.90 Å². The minimum absolute atomic E-state index is 0.360. The number of carboxylic acid groups (broad SMARTS) is 1. The smallest absolute Gasteiger partial charge is 0.335 e. The first kappa shape index (κ1) is 20.0. The third-order valence-corrected chi connectivity index (χ3v) is 7.04. The number of nitrogens with zero attached hydrogens (tertiary/aromatic N) is 3. The van der Waals surface area contributed by atoms with Crippen LogP contribution in [-0.4, -0.2) is 38.6 Å². The standard InChI is InChI=1S/C25H25N3O2S/c29-25(30)20-5-1-4-18(14-20)15-27-11-8-19(9-12-27)23-17-28(16-21-6-3-13-31-21)24-22(23)7-2-10-26-24/h1-7,10,13-14,17,19H,8-9,11-12,15-16H2,(H,29,30). The third-order valence-electron chi connectivity index (χ3n) is 6.18. The lowest BCUT2D eigenvalue weighted by Crippen LogP contribution is -2.32. The number of aromatic nitrogens is 2. The molecule has 0 spiro atoms. The van der Waals surface area contributed by atoms with Gasteiger partial charge in [0.25, 0.3) is 0 Å². The Morgan fingerprint density at radius 3 is 2.74 bits per heavy atom. The van der Waals surface area contributed by atoms with Gasteiger partial charge in [0.15, 0.2) is 0 Å². The lowest BCUT2D eigenvalue weighted by Gasteiger charge is -2.32. The van der Waals surface area contributed by atoms with Gasteiger partial charge in [-0.1, -0.05) is 18.2 Å². The number of thiophene rings is 1. The van der Waals surface area contributed by atoms with Gasteiger partial charge in [-0.15, -0.1) is 11.3 Å². The number of benzene rings is 1. The first-order chi connectivity index (χ1) is 15.2. The van der Waals surface area contributed by atoms with Gasteiger partial charge in [0.1, 0.15) is 5.65 Å². The zero-order chi connectivity index (χ0) is 21.2. The predicted molar refractivity (Wildman–Crippen MR) is 124 cm³/mol. The number of hydrogen-bond donors (Lipinski definition) is 1. The van der Waals surface area contributed by atoms with Crippen molar-refractivity contribution in [1.29, 1.82) is 0 Å². The number of fused-ring (bicyclic) bond motifs is 1. The molecule has 0 bridgehead atoms. The fourth-order valence-electron chi connectivity index (χ4n) is 4.63. The summed E-state index contributed by atoms with van der Waals surface area (Å²) in [4.78, 5) is 19.7. The summed E-state index contributed by atoms with van der Waals surface area (Å²) in [6.07, 6.45) is 6.40. The molecule has 158 valence electrons. The van der Waals surface area contributed by atoms with Gasteiger partial charge in [-0.2, -0.15) is 0 Å². The molecule has 1 aliphatic rings. The minimum Gasteiger partial charge on any atom is -0.478 e. The lowest BCUT2D eigenvalue weighted by molar-refractivity contribution is 0.0696. The SMILES string of the molecule is O=C(O)c1cccc(CN2CCC(c3cn(Cc4cccs4)c4ncccc34)CC2)c1. The van der Waals surface area contributed by atoms with Gasteiger partial charge >= 0.3 is 5.97 Å². The second-order valence-corrected chi connectivity index (χ2v) is 9.25. The third kappa shape index (κ3) is 4.27. The number of carbonyl (C=O) groups is 1. The average molecular weight is 432 g/mol.